The molecule has 0 bridgehead atoms. The largest absolute Gasteiger partial charge is 0.480 e. The lowest BCUT2D eigenvalue weighted by atomic mass is 10.0. The van der Waals surface area contributed by atoms with Crippen molar-refractivity contribution in [2.24, 2.45) is 0 Å². The van der Waals surface area contributed by atoms with Gasteiger partial charge in [-0.2, -0.15) is 5.10 Å². The molecule has 1 aromatic heterocycles. The zero-order valence-electron chi connectivity index (χ0n) is 10.2. The first-order valence-corrected chi connectivity index (χ1v) is 5.41. The van der Waals surface area contributed by atoms with Crippen LogP contribution in [-0.4, -0.2) is 44.2 Å². The average Bonchev–Trinajstić information content (AvgIpc) is 2.70. The molecule has 6 heteroatoms. The molecule has 0 aliphatic heterocycles. The fraction of sp³-hybridized carbons (Fsp3) is 0.545. The van der Waals surface area contributed by atoms with Crippen LogP contribution in [0.3, 0.4) is 0 Å². The van der Waals surface area contributed by atoms with Crippen molar-refractivity contribution in [3.05, 3.63) is 18.0 Å². The summed E-state index contributed by atoms with van der Waals surface area (Å²) in [6, 6.07) is 1.69. The average molecular weight is 239 g/mol. The number of aromatic amines is 1. The maximum absolute atomic E-state index is 12.0. The third kappa shape index (κ3) is 2.83. The van der Waals surface area contributed by atoms with Gasteiger partial charge in [-0.05, 0) is 26.8 Å². The van der Waals surface area contributed by atoms with Gasteiger partial charge in [0.15, 0.2) is 0 Å². The highest BCUT2D eigenvalue weighted by Gasteiger charge is 2.36. The van der Waals surface area contributed by atoms with Gasteiger partial charge in [0.1, 0.15) is 5.54 Å². The molecule has 0 aromatic carbocycles. The Morgan fingerprint density at radius 1 is 1.53 bits per heavy atom. The minimum absolute atomic E-state index is 0.130. The molecule has 2 N–H and O–H groups in total. The predicted octanol–water partition coefficient (Wildman–Crippen LogP) is 0.664. The summed E-state index contributed by atoms with van der Waals surface area (Å²) in [5.74, 6) is -1.25. The smallest absolute Gasteiger partial charge is 0.329 e. The Balaban J connectivity index is 2.81. The number of likely N-dealkylation sites (N-methyl/N-ethyl adjacent to an activating group) is 1. The first-order valence-electron chi connectivity index (χ1n) is 5.41. The predicted molar refractivity (Wildman–Crippen MR) is 61.4 cm³/mol. The van der Waals surface area contributed by atoms with Crippen molar-refractivity contribution >= 4 is 11.9 Å². The number of carboxylic acids is 1. The molecular formula is C11H17N3O3. The van der Waals surface area contributed by atoms with Crippen LogP contribution in [0.25, 0.3) is 0 Å². The van der Waals surface area contributed by atoms with E-state index in [9.17, 15) is 9.59 Å². The van der Waals surface area contributed by atoms with E-state index < -0.39 is 11.5 Å². The molecule has 0 aliphatic rings. The second-order valence-electron chi connectivity index (χ2n) is 4.26. The maximum atomic E-state index is 12.0. The SMILES string of the molecule is CCN(C(=O)Cc1ccn[nH]1)C(C)(C)C(=O)O. The number of hydrogen-bond donors (Lipinski definition) is 2. The molecular weight excluding hydrogens is 222 g/mol. The molecule has 0 saturated carbocycles. The number of carboxylic acid groups (broad SMARTS) is 1. The minimum Gasteiger partial charge on any atom is -0.480 e. The van der Waals surface area contributed by atoms with E-state index in [1.54, 1.807) is 19.2 Å². The third-order valence-corrected chi connectivity index (χ3v) is 2.72. The normalized spacial score (nSPS) is 11.2. The molecule has 1 aromatic rings. The first kappa shape index (κ1) is 13.2. The molecule has 0 fully saturated rings. The van der Waals surface area contributed by atoms with E-state index in [0.29, 0.717) is 12.2 Å². The van der Waals surface area contributed by atoms with Gasteiger partial charge < -0.3 is 10.0 Å². The van der Waals surface area contributed by atoms with Crippen molar-refractivity contribution in [3.8, 4) is 0 Å². The summed E-state index contributed by atoms with van der Waals surface area (Å²) in [6.45, 7) is 5.15. The number of H-pyrrole nitrogens is 1. The van der Waals surface area contributed by atoms with Gasteiger partial charge >= 0.3 is 5.97 Å². The molecule has 0 aliphatic carbocycles. The molecule has 1 heterocycles. The molecule has 1 rings (SSSR count). The number of rotatable bonds is 5. The molecule has 17 heavy (non-hydrogen) atoms. The van der Waals surface area contributed by atoms with Crippen molar-refractivity contribution in [2.45, 2.75) is 32.7 Å². The quantitative estimate of drug-likeness (QED) is 0.790. The standard InChI is InChI=1S/C11H17N3O3/c1-4-14(11(2,3)10(16)17)9(15)7-8-5-6-12-13-8/h5-6H,4,7H2,1-3H3,(H,12,13)(H,16,17). The van der Waals surface area contributed by atoms with Crippen LogP contribution in [0.5, 0.6) is 0 Å². The van der Waals surface area contributed by atoms with E-state index in [1.807, 2.05) is 0 Å². The zero-order valence-corrected chi connectivity index (χ0v) is 10.2. The number of hydrogen-bond acceptors (Lipinski definition) is 3. The highest BCUT2D eigenvalue weighted by atomic mass is 16.4. The number of carbonyl (C=O) groups is 2. The Hall–Kier alpha value is -1.85. The van der Waals surface area contributed by atoms with Crippen LogP contribution in [0.4, 0.5) is 0 Å². The summed E-state index contributed by atoms with van der Waals surface area (Å²) >= 11 is 0. The summed E-state index contributed by atoms with van der Waals surface area (Å²) in [6.07, 6.45) is 1.69. The van der Waals surface area contributed by atoms with E-state index in [4.69, 9.17) is 5.11 Å². The van der Waals surface area contributed by atoms with E-state index in [2.05, 4.69) is 10.2 Å². The Kier molecular flexibility index (Phi) is 3.88. The van der Waals surface area contributed by atoms with Gasteiger partial charge in [0, 0.05) is 18.4 Å². The van der Waals surface area contributed by atoms with Gasteiger partial charge in [0.05, 0.1) is 6.42 Å². The van der Waals surface area contributed by atoms with Gasteiger partial charge in [-0.3, -0.25) is 9.89 Å². The number of nitrogens with zero attached hydrogens (tertiary/aromatic N) is 2. The van der Waals surface area contributed by atoms with Crippen molar-refractivity contribution < 1.29 is 14.7 Å². The first-order chi connectivity index (χ1) is 7.89. The minimum atomic E-state index is -1.20. The van der Waals surface area contributed by atoms with E-state index in [1.165, 1.54) is 18.7 Å². The summed E-state index contributed by atoms with van der Waals surface area (Å²) in [5, 5.41) is 15.5. The zero-order chi connectivity index (χ0) is 13.1. The Labute approximate surface area is 99.6 Å². The monoisotopic (exact) mass is 239 g/mol. The molecule has 0 unspecified atom stereocenters. The van der Waals surface area contributed by atoms with Gasteiger partial charge in [0.25, 0.3) is 0 Å². The summed E-state index contributed by atoms with van der Waals surface area (Å²) in [4.78, 5) is 24.5. The lowest BCUT2D eigenvalue weighted by Crippen LogP contribution is -2.53. The second kappa shape index (κ2) is 4.99. The Morgan fingerprint density at radius 2 is 2.18 bits per heavy atom. The van der Waals surface area contributed by atoms with Crippen LogP contribution < -0.4 is 0 Å². The van der Waals surface area contributed by atoms with E-state index in [-0.39, 0.29) is 12.3 Å². The van der Waals surface area contributed by atoms with Crippen molar-refractivity contribution in [1.82, 2.24) is 15.1 Å². The van der Waals surface area contributed by atoms with Crippen molar-refractivity contribution in [3.63, 3.8) is 0 Å². The number of nitrogens with one attached hydrogen (secondary N) is 1. The van der Waals surface area contributed by atoms with Gasteiger partial charge in [-0.15, -0.1) is 0 Å². The Morgan fingerprint density at radius 3 is 2.59 bits per heavy atom. The van der Waals surface area contributed by atoms with Crippen LogP contribution in [0, 0.1) is 0 Å². The molecule has 94 valence electrons. The highest BCUT2D eigenvalue weighted by molar-refractivity contribution is 5.87. The van der Waals surface area contributed by atoms with Crippen LogP contribution in [-0.2, 0) is 16.0 Å². The van der Waals surface area contributed by atoms with Crippen LogP contribution >= 0.6 is 0 Å². The molecule has 1 amide bonds. The molecule has 0 atom stereocenters. The Bertz CT molecular complexity index is 398. The van der Waals surface area contributed by atoms with Gasteiger partial charge in [-0.1, -0.05) is 0 Å². The van der Waals surface area contributed by atoms with E-state index >= 15 is 0 Å². The lowest BCUT2D eigenvalue weighted by Gasteiger charge is -2.34. The summed E-state index contributed by atoms with van der Waals surface area (Å²) in [5.41, 5.74) is -0.527. The third-order valence-electron chi connectivity index (χ3n) is 2.72. The lowest BCUT2D eigenvalue weighted by molar-refractivity contribution is -0.156. The molecule has 6 nitrogen and oxygen atoms in total. The number of carbonyl (C=O) groups excluding carboxylic acids is 1. The summed E-state index contributed by atoms with van der Waals surface area (Å²) in [7, 11) is 0. The molecule has 0 spiro atoms. The fourth-order valence-corrected chi connectivity index (χ4v) is 1.64. The highest BCUT2D eigenvalue weighted by Crippen LogP contribution is 2.16. The van der Waals surface area contributed by atoms with Gasteiger partial charge in [0.2, 0.25) is 5.91 Å². The topological polar surface area (TPSA) is 86.3 Å². The number of aliphatic carboxylic acids is 1. The maximum Gasteiger partial charge on any atom is 0.329 e. The van der Waals surface area contributed by atoms with E-state index in [0.717, 1.165) is 0 Å². The van der Waals surface area contributed by atoms with Crippen molar-refractivity contribution in [1.29, 1.82) is 0 Å². The van der Waals surface area contributed by atoms with Crippen LogP contribution in [0.1, 0.15) is 26.5 Å². The van der Waals surface area contributed by atoms with Crippen LogP contribution in [0.2, 0.25) is 0 Å². The second-order valence-corrected chi connectivity index (χ2v) is 4.26. The number of aromatic nitrogens is 2. The van der Waals surface area contributed by atoms with Crippen LogP contribution in [0.15, 0.2) is 12.3 Å². The fourth-order valence-electron chi connectivity index (χ4n) is 1.64. The molecule has 0 radical (unpaired) electrons. The number of amides is 1. The van der Waals surface area contributed by atoms with Crippen molar-refractivity contribution in [2.75, 3.05) is 6.54 Å². The van der Waals surface area contributed by atoms with Gasteiger partial charge in [-0.25, -0.2) is 4.79 Å². The summed E-state index contributed by atoms with van der Waals surface area (Å²) < 4.78 is 0. The molecule has 0 saturated heterocycles.